The van der Waals surface area contributed by atoms with E-state index in [4.69, 9.17) is 5.10 Å². The summed E-state index contributed by atoms with van der Waals surface area (Å²) in [4.78, 5) is 0. The van der Waals surface area contributed by atoms with Gasteiger partial charge < -0.3 is 0 Å². The van der Waals surface area contributed by atoms with Crippen LogP contribution in [-0.2, 0) is 17.3 Å². The van der Waals surface area contributed by atoms with Crippen LogP contribution >= 0.6 is 0 Å². The summed E-state index contributed by atoms with van der Waals surface area (Å²) >= 11 is 0. The number of nitrogens with zero attached hydrogens (tertiary/aromatic N) is 4. The van der Waals surface area contributed by atoms with Crippen molar-refractivity contribution in [1.82, 2.24) is 19.2 Å². The van der Waals surface area contributed by atoms with Crippen molar-refractivity contribution < 1.29 is 0 Å². The Morgan fingerprint density at radius 2 is 1.73 bits per heavy atom. The summed E-state index contributed by atoms with van der Waals surface area (Å²) in [6, 6.07) is 12.9. The second-order valence-corrected chi connectivity index (χ2v) is 8.83. The number of aromatic nitrogens is 4. The van der Waals surface area contributed by atoms with Crippen molar-refractivity contribution in [3.8, 4) is 0 Å². The van der Waals surface area contributed by atoms with Gasteiger partial charge >= 0.3 is 0 Å². The van der Waals surface area contributed by atoms with Crippen molar-refractivity contribution in [2.45, 2.75) is 51.9 Å². The minimum absolute atomic E-state index is 0.00563. The molecule has 26 heavy (non-hydrogen) atoms. The topological polar surface area (TPSA) is 34.6 Å². The van der Waals surface area contributed by atoms with Crippen LogP contribution in [0, 0.1) is 0 Å². The highest BCUT2D eigenvalue weighted by molar-refractivity contribution is 5.57. The maximum absolute atomic E-state index is 4.72. The first-order valence-corrected chi connectivity index (χ1v) is 9.16. The van der Waals surface area contributed by atoms with E-state index in [9.17, 15) is 0 Å². The summed E-state index contributed by atoms with van der Waals surface area (Å²) in [5.74, 6) is 0. The van der Waals surface area contributed by atoms with E-state index >= 15 is 0 Å². The van der Waals surface area contributed by atoms with Crippen LogP contribution in [0.15, 0.2) is 55.0 Å². The van der Waals surface area contributed by atoms with Gasteiger partial charge in [-0.1, -0.05) is 40.7 Å². The molecule has 0 fully saturated rings. The van der Waals surface area contributed by atoms with Crippen LogP contribution in [-0.4, -0.2) is 19.2 Å². The predicted octanol–water partition coefficient (Wildman–Crippen LogP) is 4.80. The fraction of sp³-hybridized carbons (Fsp3) is 0.364. The molecule has 0 aliphatic rings. The molecule has 0 aliphatic heterocycles. The Morgan fingerprint density at radius 1 is 0.923 bits per heavy atom. The van der Waals surface area contributed by atoms with Crippen LogP contribution in [0.4, 0.5) is 0 Å². The molecule has 0 bridgehead atoms. The van der Waals surface area contributed by atoms with Crippen molar-refractivity contribution in [2.75, 3.05) is 0 Å². The van der Waals surface area contributed by atoms with Crippen molar-refractivity contribution >= 4 is 11.0 Å². The van der Waals surface area contributed by atoms with Gasteiger partial charge in [0.1, 0.15) is 0 Å². The Hall–Kier alpha value is -2.62. The molecule has 0 atom stereocenters. The Labute approximate surface area is 154 Å². The standard InChI is InChI=1S/C22H26N4/c1-21(2,3)20-13-17-12-16(9-11-25(17)24-20)14-22(4,5)18-15-23-26-10-7-6-8-19(18)26/h6-13,15H,14H2,1-5H3. The molecule has 134 valence electrons. The Morgan fingerprint density at radius 3 is 2.50 bits per heavy atom. The summed E-state index contributed by atoms with van der Waals surface area (Å²) in [5.41, 5.74) is 6.11. The third-order valence-corrected chi connectivity index (χ3v) is 5.10. The van der Waals surface area contributed by atoms with Gasteiger partial charge in [0, 0.05) is 23.4 Å². The van der Waals surface area contributed by atoms with Crippen LogP contribution in [0.25, 0.3) is 11.0 Å². The molecule has 0 N–H and O–H groups in total. The summed E-state index contributed by atoms with van der Waals surface area (Å²) in [6.45, 7) is 11.2. The molecule has 4 aromatic rings. The smallest absolute Gasteiger partial charge is 0.0699 e. The third kappa shape index (κ3) is 2.90. The van der Waals surface area contributed by atoms with Crippen molar-refractivity contribution in [3.63, 3.8) is 0 Å². The highest BCUT2D eigenvalue weighted by Gasteiger charge is 2.25. The zero-order chi connectivity index (χ0) is 18.5. The molecule has 0 spiro atoms. The fourth-order valence-electron chi connectivity index (χ4n) is 3.58. The van der Waals surface area contributed by atoms with Gasteiger partial charge in [0.25, 0.3) is 0 Å². The average molecular weight is 346 g/mol. The number of rotatable bonds is 3. The Bertz CT molecular complexity index is 1080. The van der Waals surface area contributed by atoms with Crippen molar-refractivity contribution in [1.29, 1.82) is 0 Å². The second-order valence-electron chi connectivity index (χ2n) is 8.83. The molecule has 4 rings (SSSR count). The molecule has 4 aromatic heterocycles. The monoisotopic (exact) mass is 346 g/mol. The van der Waals surface area contributed by atoms with E-state index in [1.54, 1.807) is 0 Å². The van der Waals surface area contributed by atoms with Gasteiger partial charge in [-0.05, 0) is 47.7 Å². The zero-order valence-electron chi connectivity index (χ0n) is 16.2. The lowest BCUT2D eigenvalue weighted by molar-refractivity contribution is 0.526. The molecule has 4 nitrogen and oxygen atoms in total. The minimum atomic E-state index is -0.00563. The molecule has 0 radical (unpaired) electrons. The largest absolute Gasteiger partial charge is 0.241 e. The van der Waals surface area contributed by atoms with Gasteiger partial charge in [-0.25, -0.2) is 9.03 Å². The van der Waals surface area contributed by atoms with Gasteiger partial charge in [-0.2, -0.15) is 10.2 Å². The summed E-state index contributed by atoms with van der Waals surface area (Å²) in [6.07, 6.45) is 7.04. The van der Waals surface area contributed by atoms with Crippen LogP contribution in [0.2, 0.25) is 0 Å². The van der Waals surface area contributed by atoms with E-state index < -0.39 is 0 Å². The number of hydrogen-bond donors (Lipinski definition) is 0. The van der Waals surface area contributed by atoms with Crippen LogP contribution in [0.5, 0.6) is 0 Å². The van der Waals surface area contributed by atoms with Gasteiger partial charge in [-0.15, -0.1) is 0 Å². The highest BCUT2D eigenvalue weighted by atomic mass is 15.2. The quantitative estimate of drug-likeness (QED) is 0.534. The lowest BCUT2D eigenvalue weighted by Gasteiger charge is -2.24. The maximum atomic E-state index is 4.72. The number of pyridine rings is 2. The molecule has 4 heterocycles. The van der Waals surface area contributed by atoms with Gasteiger partial charge in [0.15, 0.2) is 0 Å². The predicted molar refractivity (Wildman–Crippen MR) is 106 cm³/mol. The Kier molecular flexibility index (Phi) is 3.69. The van der Waals surface area contributed by atoms with E-state index in [2.05, 4.69) is 76.2 Å². The first-order valence-electron chi connectivity index (χ1n) is 9.16. The molecule has 0 saturated carbocycles. The molecule has 4 heteroatoms. The van der Waals surface area contributed by atoms with Crippen LogP contribution in [0.1, 0.15) is 51.4 Å². The average Bonchev–Trinajstić information content (AvgIpc) is 3.18. The maximum Gasteiger partial charge on any atom is 0.0699 e. The van der Waals surface area contributed by atoms with E-state index in [0.717, 1.165) is 17.6 Å². The van der Waals surface area contributed by atoms with Gasteiger partial charge in [0.05, 0.1) is 22.9 Å². The first-order chi connectivity index (χ1) is 12.2. The van der Waals surface area contributed by atoms with Crippen molar-refractivity contribution in [3.05, 3.63) is 71.8 Å². The molecular formula is C22H26N4. The Balaban J connectivity index is 1.69. The van der Waals surface area contributed by atoms with Crippen molar-refractivity contribution in [2.24, 2.45) is 0 Å². The highest BCUT2D eigenvalue weighted by Crippen LogP contribution is 2.31. The van der Waals surface area contributed by atoms with E-state index in [0.29, 0.717) is 0 Å². The normalized spacial score (nSPS) is 13.0. The number of hydrogen-bond acceptors (Lipinski definition) is 2. The van der Waals surface area contributed by atoms with E-state index in [-0.39, 0.29) is 10.8 Å². The molecule has 0 aliphatic carbocycles. The lowest BCUT2D eigenvalue weighted by atomic mass is 9.80. The van der Waals surface area contributed by atoms with Gasteiger partial charge in [-0.3, -0.25) is 0 Å². The minimum Gasteiger partial charge on any atom is -0.241 e. The van der Waals surface area contributed by atoms with Gasteiger partial charge in [0.2, 0.25) is 0 Å². The molecule has 0 saturated heterocycles. The van der Waals surface area contributed by atoms with E-state index in [1.807, 2.05) is 27.5 Å². The van der Waals surface area contributed by atoms with Crippen LogP contribution < -0.4 is 0 Å². The second kappa shape index (κ2) is 5.70. The third-order valence-electron chi connectivity index (χ3n) is 5.10. The van der Waals surface area contributed by atoms with E-state index in [1.165, 1.54) is 16.6 Å². The molecule has 0 unspecified atom stereocenters. The zero-order valence-corrected chi connectivity index (χ0v) is 16.2. The summed E-state index contributed by atoms with van der Waals surface area (Å²) in [7, 11) is 0. The molecule has 0 amide bonds. The first kappa shape index (κ1) is 16.8. The molecular weight excluding hydrogens is 320 g/mol. The summed E-state index contributed by atoms with van der Waals surface area (Å²) in [5, 5.41) is 9.23. The fourth-order valence-corrected chi connectivity index (χ4v) is 3.58. The lowest BCUT2D eigenvalue weighted by Crippen LogP contribution is -2.20. The number of fused-ring (bicyclic) bond motifs is 2. The SMILES string of the molecule is CC(C)(C)c1cc2cc(CC(C)(C)c3cnn4ccccc34)ccn2n1. The molecule has 0 aromatic carbocycles. The van der Waals surface area contributed by atoms with Crippen LogP contribution in [0.3, 0.4) is 0 Å². The summed E-state index contributed by atoms with van der Waals surface area (Å²) < 4.78 is 3.93.